The third-order valence-corrected chi connectivity index (χ3v) is 8.09. The van der Waals surface area contributed by atoms with Crippen molar-refractivity contribution >= 4 is 16.0 Å². The molecule has 0 saturated heterocycles. The number of nitrogens with one attached hydrogen (secondary N) is 1. The zero-order chi connectivity index (χ0) is 33.3. The number of aliphatic hydroxyl groups excluding tert-OH is 1. The number of carbonyl (C=O) groups excluding carboxylic acids is 1. The Labute approximate surface area is 276 Å². The van der Waals surface area contributed by atoms with Crippen molar-refractivity contribution in [2.75, 3.05) is 5.75 Å². The maximum Gasteiger partial charge on any atom is 0.267 e. The largest absolute Gasteiger partial charge is 0.387 e. The Kier molecular flexibility index (Phi) is 30.2. The summed E-state index contributed by atoms with van der Waals surface area (Å²) in [5, 5.41) is 13.1. The summed E-state index contributed by atoms with van der Waals surface area (Å²) in [7, 11) is -4.36. The molecule has 0 heterocycles. The van der Waals surface area contributed by atoms with Gasteiger partial charge >= 0.3 is 0 Å². The van der Waals surface area contributed by atoms with Gasteiger partial charge in [0.2, 0.25) is 5.91 Å². The van der Waals surface area contributed by atoms with Crippen LogP contribution in [-0.2, 0) is 14.9 Å². The van der Waals surface area contributed by atoms with Crippen LogP contribution in [0.4, 0.5) is 0 Å². The molecule has 1 amide bonds. The van der Waals surface area contributed by atoms with Crippen LogP contribution in [0, 0.1) is 0 Å². The van der Waals surface area contributed by atoms with Gasteiger partial charge in [-0.3, -0.25) is 9.35 Å². The number of allylic oxidation sites excluding steroid dienone is 11. The van der Waals surface area contributed by atoms with Gasteiger partial charge in [-0.05, 0) is 77.0 Å². The summed E-state index contributed by atoms with van der Waals surface area (Å²) < 4.78 is 32.3. The summed E-state index contributed by atoms with van der Waals surface area (Å²) >= 11 is 0. The molecule has 0 aromatic heterocycles. The second-order valence-corrected chi connectivity index (χ2v) is 13.3. The molecule has 0 aliphatic rings. The molecule has 2 unspecified atom stereocenters. The Balaban J connectivity index is 4.07. The van der Waals surface area contributed by atoms with Gasteiger partial charge in [-0.25, -0.2) is 0 Å². The van der Waals surface area contributed by atoms with Crippen LogP contribution in [0.15, 0.2) is 72.9 Å². The molecule has 3 N–H and O–H groups in total. The molecule has 6 nitrogen and oxygen atoms in total. The van der Waals surface area contributed by atoms with E-state index < -0.39 is 28.0 Å². The quantitative estimate of drug-likeness (QED) is 0.0409. The van der Waals surface area contributed by atoms with Gasteiger partial charge in [0.05, 0.1) is 17.9 Å². The van der Waals surface area contributed by atoms with Crippen LogP contribution in [0.2, 0.25) is 0 Å². The molecule has 0 aromatic rings. The van der Waals surface area contributed by atoms with Gasteiger partial charge in [-0.1, -0.05) is 132 Å². The minimum Gasteiger partial charge on any atom is -0.387 e. The van der Waals surface area contributed by atoms with E-state index in [2.05, 4.69) is 79.9 Å². The van der Waals surface area contributed by atoms with Crippen molar-refractivity contribution in [2.24, 2.45) is 0 Å². The molecule has 0 aliphatic carbocycles. The lowest BCUT2D eigenvalue weighted by Crippen LogP contribution is -2.46. The lowest BCUT2D eigenvalue weighted by atomic mass is 10.1. The fraction of sp³-hybridized carbons (Fsp3) is 0.658. The zero-order valence-electron chi connectivity index (χ0n) is 28.5. The van der Waals surface area contributed by atoms with Gasteiger partial charge in [0.1, 0.15) is 0 Å². The number of carbonyl (C=O) groups is 1. The minimum atomic E-state index is -4.36. The molecule has 0 saturated carbocycles. The molecular formula is C38H65NO5S. The molecule has 0 rings (SSSR count). The lowest BCUT2D eigenvalue weighted by molar-refractivity contribution is -0.122. The van der Waals surface area contributed by atoms with Crippen molar-refractivity contribution in [3.8, 4) is 0 Å². The third kappa shape index (κ3) is 33.0. The van der Waals surface area contributed by atoms with Crippen molar-refractivity contribution in [1.82, 2.24) is 5.32 Å². The first kappa shape index (κ1) is 42.8. The van der Waals surface area contributed by atoms with Crippen molar-refractivity contribution in [2.45, 2.75) is 154 Å². The summed E-state index contributed by atoms with van der Waals surface area (Å²) in [4.78, 5) is 12.4. The molecule has 2 atom stereocenters. The van der Waals surface area contributed by atoms with E-state index in [-0.39, 0.29) is 12.3 Å². The maximum atomic E-state index is 12.4. The average molecular weight is 648 g/mol. The topological polar surface area (TPSA) is 104 Å². The maximum absolute atomic E-state index is 12.4. The summed E-state index contributed by atoms with van der Waals surface area (Å²) in [5.41, 5.74) is 0. The third-order valence-electron chi connectivity index (χ3n) is 7.31. The second kappa shape index (κ2) is 31.7. The van der Waals surface area contributed by atoms with Gasteiger partial charge in [-0.15, -0.1) is 0 Å². The fourth-order valence-electron chi connectivity index (χ4n) is 4.67. The molecule has 0 aromatic carbocycles. The smallest absolute Gasteiger partial charge is 0.267 e. The number of unbranched alkanes of at least 4 members (excludes halogenated alkanes) is 12. The number of aliphatic hydroxyl groups is 1. The molecule has 258 valence electrons. The molecule has 45 heavy (non-hydrogen) atoms. The highest BCUT2D eigenvalue weighted by molar-refractivity contribution is 7.85. The summed E-state index contributed by atoms with van der Waals surface area (Å²) in [6.45, 7) is 4.39. The van der Waals surface area contributed by atoms with E-state index in [1.54, 1.807) is 6.08 Å². The summed E-state index contributed by atoms with van der Waals surface area (Å²) in [5.74, 6) is -1.04. The second-order valence-electron chi connectivity index (χ2n) is 11.8. The van der Waals surface area contributed by atoms with E-state index in [0.717, 1.165) is 83.5 Å². The Morgan fingerprint density at radius 2 is 1.07 bits per heavy atom. The van der Waals surface area contributed by atoms with Crippen LogP contribution in [0.5, 0.6) is 0 Å². The normalized spacial score (nSPS) is 14.3. The predicted octanol–water partition coefficient (Wildman–Crippen LogP) is 9.90. The minimum absolute atomic E-state index is 0.266. The predicted molar refractivity (Wildman–Crippen MR) is 193 cm³/mol. The van der Waals surface area contributed by atoms with Crippen LogP contribution >= 0.6 is 0 Å². The Morgan fingerprint density at radius 3 is 1.62 bits per heavy atom. The number of amides is 1. The molecule has 0 aliphatic heterocycles. The first-order chi connectivity index (χ1) is 21.8. The molecule has 7 heteroatoms. The van der Waals surface area contributed by atoms with Crippen LogP contribution in [-0.4, -0.2) is 41.9 Å². The van der Waals surface area contributed by atoms with Gasteiger partial charge in [0, 0.05) is 6.42 Å². The van der Waals surface area contributed by atoms with Gasteiger partial charge in [0.15, 0.2) is 0 Å². The Bertz CT molecular complexity index is 978. The first-order valence-corrected chi connectivity index (χ1v) is 19.2. The van der Waals surface area contributed by atoms with E-state index in [1.807, 2.05) is 0 Å². The van der Waals surface area contributed by atoms with E-state index in [0.29, 0.717) is 12.8 Å². The highest BCUT2D eigenvalue weighted by Gasteiger charge is 2.24. The first-order valence-electron chi connectivity index (χ1n) is 17.6. The van der Waals surface area contributed by atoms with Crippen molar-refractivity contribution < 1.29 is 22.9 Å². The Morgan fingerprint density at radius 1 is 0.600 bits per heavy atom. The lowest BCUT2D eigenvalue weighted by Gasteiger charge is -2.21. The number of rotatable bonds is 30. The van der Waals surface area contributed by atoms with E-state index in [9.17, 15) is 22.9 Å². The van der Waals surface area contributed by atoms with Crippen LogP contribution in [0.25, 0.3) is 0 Å². The van der Waals surface area contributed by atoms with Crippen LogP contribution in [0.3, 0.4) is 0 Å². The monoisotopic (exact) mass is 647 g/mol. The van der Waals surface area contributed by atoms with Gasteiger partial charge in [-0.2, -0.15) is 8.42 Å². The highest BCUT2D eigenvalue weighted by atomic mass is 32.2. The molecule has 0 bridgehead atoms. The number of hydrogen-bond acceptors (Lipinski definition) is 4. The zero-order valence-corrected chi connectivity index (χ0v) is 29.3. The van der Waals surface area contributed by atoms with Crippen molar-refractivity contribution in [3.63, 3.8) is 0 Å². The van der Waals surface area contributed by atoms with Crippen molar-refractivity contribution in [3.05, 3.63) is 72.9 Å². The molecule has 0 fully saturated rings. The Hall–Kier alpha value is -2.22. The van der Waals surface area contributed by atoms with E-state index >= 15 is 0 Å². The highest BCUT2D eigenvalue weighted by Crippen LogP contribution is 2.10. The molecular weight excluding hydrogens is 582 g/mol. The van der Waals surface area contributed by atoms with E-state index in [1.165, 1.54) is 31.8 Å². The fourth-order valence-corrected chi connectivity index (χ4v) is 5.40. The van der Waals surface area contributed by atoms with Crippen LogP contribution < -0.4 is 5.32 Å². The number of hydrogen-bond donors (Lipinski definition) is 3. The molecule has 0 radical (unpaired) electrons. The van der Waals surface area contributed by atoms with Gasteiger partial charge in [0.25, 0.3) is 10.1 Å². The SMILES string of the molecule is CCC/C=C/CC/C=C/CC/C=C/C(O)C(CS(=O)(=O)O)NC(=O)CCCCCCCC/C=C\C/C=C\C/C=C\CCCCC. The molecule has 0 spiro atoms. The van der Waals surface area contributed by atoms with E-state index in [4.69, 9.17) is 0 Å². The van der Waals surface area contributed by atoms with Crippen molar-refractivity contribution in [1.29, 1.82) is 0 Å². The average Bonchev–Trinajstić information content (AvgIpc) is 3.00. The summed E-state index contributed by atoms with van der Waals surface area (Å²) in [6.07, 6.45) is 44.5. The van der Waals surface area contributed by atoms with Crippen LogP contribution in [0.1, 0.15) is 142 Å². The summed E-state index contributed by atoms with van der Waals surface area (Å²) in [6, 6.07) is -1.09. The van der Waals surface area contributed by atoms with Gasteiger partial charge < -0.3 is 10.4 Å². The standard InChI is InChI=1S/C38H65NO5S/c1-3-5-7-9-11-13-15-16-17-18-19-20-21-22-24-26-28-30-32-34-38(41)39-36(35-45(42,43)44)37(40)33-31-29-27-25-23-14-12-10-8-6-4-2/h8,10-11,13,16-17,19-20,23,25,31,33,36-37,40H,3-7,9,12,14-15,18,21-22,24,26-30,32,34-35H2,1-2H3,(H,39,41)(H,42,43,44)/b10-8+,13-11-,17-16-,20-19-,25-23+,33-31+.